The quantitative estimate of drug-likeness (QED) is 0.775. The summed E-state index contributed by atoms with van der Waals surface area (Å²) in [6.45, 7) is 5.48. The zero-order chi connectivity index (χ0) is 13.1. The van der Waals surface area contributed by atoms with E-state index < -0.39 is 17.0 Å². The highest BCUT2D eigenvalue weighted by Gasteiger charge is 2.27. The molecular weight excluding hydrogens is 255 g/mol. The fourth-order valence-corrected chi connectivity index (χ4v) is 7.07. The Labute approximate surface area is 104 Å². The molecule has 0 saturated carbocycles. The van der Waals surface area contributed by atoms with Crippen molar-refractivity contribution in [3.05, 3.63) is 29.8 Å². The molecule has 0 unspecified atom stereocenters. The Kier molecular flexibility index (Phi) is 4.56. The SMILES string of the molecule is CCP(=O)(CC)CS(=O)(=O)c1ccc(C)cc1. The van der Waals surface area contributed by atoms with Gasteiger partial charge in [0.25, 0.3) is 0 Å². The van der Waals surface area contributed by atoms with Crippen LogP contribution in [0.3, 0.4) is 0 Å². The number of benzene rings is 1. The van der Waals surface area contributed by atoms with E-state index in [-0.39, 0.29) is 10.4 Å². The van der Waals surface area contributed by atoms with Crippen LogP contribution in [0.2, 0.25) is 0 Å². The van der Waals surface area contributed by atoms with E-state index in [9.17, 15) is 13.0 Å². The van der Waals surface area contributed by atoms with Crippen molar-refractivity contribution in [1.82, 2.24) is 0 Å². The largest absolute Gasteiger partial charge is 0.323 e. The molecule has 0 heterocycles. The van der Waals surface area contributed by atoms with Crippen LogP contribution in [0, 0.1) is 6.92 Å². The van der Waals surface area contributed by atoms with Crippen LogP contribution in [0.4, 0.5) is 0 Å². The Morgan fingerprint density at radius 1 is 1.06 bits per heavy atom. The highest BCUT2D eigenvalue weighted by molar-refractivity contribution is 7.99. The van der Waals surface area contributed by atoms with Gasteiger partial charge in [-0.3, -0.25) is 0 Å². The second-order valence-electron chi connectivity index (χ2n) is 4.25. The summed E-state index contributed by atoms with van der Waals surface area (Å²) in [4.78, 5) is 0.269. The van der Waals surface area contributed by atoms with E-state index in [1.165, 1.54) is 0 Å². The fourth-order valence-electron chi connectivity index (χ4n) is 1.54. The third-order valence-electron chi connectivity index (χ3n) is 2.94. The maximum atomic E-state index is 12.2. The lowest BCUT2D eigenvalue weighted by molar-refractivity contribution is 0.575. The van der Waals surface area contributed by atoms with E-state index in [1.807, 2.05) is 6.92 Å². The number of aryl methyl sites for hydroxylation is 1. The van der Waals surface area contributed by atoms with Crippen LogP contribution in [0.5, 0.6) is 0 Å². The molecular formula is C12H19O3PS. The lowest BCUT2D eigenvalue weighted by Crippen LogP contribution is -2.09. The Balaban J connectivity index is 3.05. The molecule has 0 aliphatic rings. The molecule has 1 aromatic carbocycles. The van der Waals surface area contributed by atoms with Gasteiger partial charge in [0, 0.05) is 0 Å². The summed E-state index contributed by atoms with van der Waals surface area (Å²) >= 11 is 0. The topological polar surface area (TPSA) is 51.2 Å². The zero-order valence-corrected chi connectivity index (χ0v) is 12.2. The summed E-state index contributed by atoms with van der Waals surface area (Å²) in [6.07, 6.45) is 0.878. The minimum Gasteiger partial charge on any atom is -0.323 e. The van der Waals surface area contributed by atoms with Crippen molar-refractivity contribution in [2.45, 2.75) is 25.7 Å². The van der Waals surface area contributed by atoms with Gasteiger partial charge in [-0.15, -0.1) is 0 Å². The maximum Gasteiger partial charge on any atom is 0.185 e. The van der Waals surface area contributed by atoms with Crippen LogP contribution in [-0.2, 0) is 14.4 Å². The third kappa shape index (κ3) is 3.68. The van der Waals surface area contributed by atoms with Crippen LogP contribution in [0.15, 0.2) is 29.2 Å². The summed E-state index contributed by atoms with van der Waals surface area (Å²) in [5.41, 5.74) is 0.800. The smallest absolute Gasteiger partial charge is 0.185 e. The first-order valence-corrected chi connectivity index (χ1v) is 9.61. The first-order valence-electron chi connectivity index (χ1n) is 5.69. The van der Waals surface area contributed by atoms with Gasteiger partial charge in [-0.1, -0.05) is 31.5 Å². The molecule has 0 radical (unpaired) electrons. The van der Waals surface area contributed by atoms with E-state index in [1.54, 1.807) is 38.1 Å². The molecule has 17 heavy (non-hydrogen) atoms. The van der Waals surface area contributed by atoms with Gasteiger partial charge in [0.05, 0.1) is 4.90 Å². The van der Waals surface area contributed by atoms with Crippen molar-refractivity contribution < 1.29 is 13.0 Å². The molecule has 0 aliphatic carbocycles. The first kappa shape index (κ1) is 14.5. The standard InChI is InChI=1S/C12H19O3PS/c1-4-16(13,5-2)10-17(14,15)12-8-6-11(3)7-9-12/h6-9H,4-5,10H2,1-3H3. The molecule has 0 fully saturated rings. The Bertz CT molecular complexity index is 509. The Morgan fingerprint density at radius 2 is 1.53 bits per heavy atom. The average Bonchev–Trinajstić information content (AvgIpc) is 2.29. The van der Waals surface area contributed by atoms with Crippen LogP contribution >= 0.6 is 7.14 Å². The van der Waals surface area contributed by atoms with Crippen molar-refractivity contribution in [2.24, 2.45) is 0 Å². The van der Waals surface area contributed by atoms with Crippen molar-refractivity contribution in [3.63, 3.8) is 0 Å². The molecule has 0 bridgehead atoms. The molecule has 3 nitrogen and oxygen atoms in total. The van der Waals surface area contributed by atoms with Gasteiger partial charge in [-0.2, -0.15) is 0 Å². The van der Waals surface area contributed by atoms with Crippen LogP contribution in [0.1, 0.15) is 19.4 Å². The fraction of sp³-hybridized carbons (Fsp3) is 0.500. The number of sulfone groups is 1. The number of hydrogen-bond acceptors (Lipinski definition) is 3. The maximum absolute atomic E-state index is 12.2. The van der Waals surface area contributed by atoms with E-state index in [4.69, 9.17) is 0 Å². The number of hydrogen-bond donors (Lipinski definition) is 0. The molecule has 0 aromatic heterocycles. The van der Waals surface area contributed by atoms with E-state index >= 15 is 0 Å². The summed E-state index contributed by atoms with van der Waals surface area (Å²) in [6, 6.07) is 6.69. The van der Waals surface area contributed by atoms with Gasteiger partial charge < -0.3 is 4.57 Å². The van der Waals surface area contributed by atoms with Gasteiger partial charge in [-0.25, -0.2) is 8.42 Å². The molecule has 96 valence electrons. The molecule has 1 rings (SSSR count). The lowest BCUT2D eigenvalue weighted by atomic mass is 10.2. The lowest BCUT2D eigenvalue weighted by Gasteiger charge is -2.14. The molecule has 0 atom stereocenters. The van der Waals surface area contributed by atoms with Crippen molar-refractivity contribution in [3.8, 4) is 0 Å². The van der Waals surface area contributed by atoms with Gasteiger partial charge in [0.2, 0.25) is 0 Å². The zero-order valence-electron chi connectivity index (χ0n) is 10.5. The Morgan fingerprint density at radius 3 is 1.94 bits per heavy atom. The van der Waals surface area contributed by atoms with E-state index in [0.717, 1.165) is 5.56 Å². The minimum atomic E-state index is -3.42. The molecule has 0 N–H and O–H groups in total. The third-order valence-corrected chi connectivity index (χ3v) is 9.48. The summed E-state index contributed by atoms with van der Waals surface area (Å²) in [5, 5.41) is 0. The highest BCUT2D eigenvalue weighted by atomic mass is 32.2. The molecule has 0 saturated heterocycles. The Hall–Kier alpha value is -0.600. The van der Waals surface area contributed by atoms with Gasteiger partial charge in [0.1, 0.15) is 12.6 Å². The second-order valence-corrected chi connectivity index (χ2v) is 10.4. The predicted octanol–water partition coefficient (Wildman–Crippen LogP) is 3.13. The van der Waals surface area contributed by atoms with Crippen LogP contribution < -0.4 is 0 Å². The van der Waals surface area contributed by atoms with Gasteiger partial charge in [0.15, 0.2) is 9.84 Å². The summed E-state index contributed by atoms with van der Waals surface area (Å²) < 4.78 is 36.4. The van der Waals surface area contributed by atoms with Crippen LogP contribution in [-0.4, -0.2) is 26.2 Å². The molecule has 1 aromatic rings. The van der Waals surface area contributed by atoms with Gasteiger partial charge >= 0.3 is 0 Å². The van der Waals surface area contributed by atoms with Crippen LogP contribution in [0.25, 0.3) is 0 Å². The van der Waals surface area contributed by atoms with E-state index in [0.29, 0.717) is 12.3 Å². The van der Waals surface area contributed by atoms with Crippen molar-refractivity contribution >= 4 is 17.0 Å². The minimum absolute atomic E-state index is 0.212. The first-order chi connectivity index (χ1) is 7.83. The van der Waals surface area contributed by atoms with Gasteiger partial charge in [-0.05, 0) is 31.4 Å². The summed E-state index contributed by atoms with van der Waals surface area (Å²) in [5.74, 6) is 0. The van der Waals surface area contributed by atoms with Crippen molar-refractivity contribution in [1.29, 1.82) is 0 Å². The molecule has 0 aliphatic heterocycles. The molecule has 0 spiro atoms. The predicted molar refractivity (Wildman–Crippen MR) is 71.9 cm³/mol. The average molecular weight is 274 g/mol. The monoisotopic (exact) mass is 274 g/mol. The highest BCUT2D eigenvalue weighted by Crippen LogP contribution is 2.46. The van der Waals surface area contributed by atoms with E-state index in [2.05, 4.69) is 0 Å². The number of rotatable bonds is 5. The normalized spacial score (nSPS) is 12.6. The summed E-state index contributed by atoms with van der Waals surface area (Å²) in [7, 11) is -5.99. The molecule has 0 amide bonds. The second kappa shape index (κ2) is 5.36. The molecule has 5 heteroatoms. The van der Waals surface area contributed by atoms with Crippen molar-refractivity contribution in [2.75, 3.05) is 17.8 Å².